The molecule has 0 bridgehead atoms. The molecule has 2 atom stereocenters. The van der Waals surface area contributed by atoms with Crippen molar-refractivity contribution in [2.24, 2.45) is 0 Å². The summed E-state index contributed by atoms with van der Waals surface area (Å²) in [5.41, 5.74) is 1.06. The highest BCUT2D eigenvalue weighted by molar-refractivity contribution is 9.10. The van der Waals surface area contributed by atoms with E-state index in [-0.39, 0.29) is 6.04 Å². The maximum absolute atomic E-state index is 13.8. The van der Waals surface area contributed by atoms with Gasteiger partial charge in [-0.15, -0.1) is 0 Å². The summed E-state index contributed by atoms with van der Waals surface area (Å²) in [6, 6.07) is 7.94. The van der Waals surface area contributed by atoms with Crippen LogP contribution in [0.25, 0.3) is 0 Å². The summed E-state index contributed by atoms with van der Waals surface area (Å²) < 4.78 is 14.9. The Morgan fingerprint density at radius 3 is 3.07 bits per heavy atom. The molecule has 0 saturated carbocycles. The highest BCUT2D eigenvalue weighted by Crippen LogP contribution is 2.18. The average molecular weight is 272 g/mol. The van der Waals surface area contributed by atoms with Crippen LogP contribution in [-0.4, -0.2) is 18.8 Å². The van der Waals surface area contributed by atoms with E-state index in [2.05, 4.69) is 21.2 Å². The van der Waals surface area contributed by atoms with Crippen molar-refractivity contribution in [3.05, 3.63) is 34.3 Å². The van der Waals surface area contributed by atoms with E-state index in [9.17, 15) is 4.39 Å². The molecule has 1 fully saturated rings. The second-order valence-corrected chi connectivity index (χ2v) is 4.97. The quantitative estimate of drug-likeness (QED) is 0.891. The third kappa shape index (κ3) is 3.02. The molecule has 0 amide bonds. The molecule has 0 aliphatic carbocycles. The molecule has 1 nitrogen and oxygen atoms in total. The Kier molecular flexibility index (Phi) is 3.76. The molecule has 1 aromatic carbocycles. The first-order chi connectivity index (χ1) is 7.25. The van der Waals surface area contributed by atoms with Crippen molar-refractivity contribution in [2.45, 2.75) is 31.5 Å². The molecule has 82 valence electrons. The lowest BCUT2D eigenvalue weighted by Gasteiger charge is -2.15. The Bertz CT molecular complexity index is 323. The van der Waals surface area contributed by atoms with Gasteiger partial charge in [0, 0.05) is 16.9 Å². The van der Waals surface area contributed by atoms with Crippen molar-refractivity contribution in [2.75, 3.05) is 6.54 Å². The lowest BCUT2D eigenvalue weighted by atomic mass is 10.0. The van der Waals surface area contributed by atoms with E-state index in [1.165, 1.54) is 0 Å². The normalized spacial score (nSPS) is 22.9. The van der Waals surface area contributed by atoms with Gasteiger partial charge in [-0.05, 0) is 37.1 Å². The fourth-order valence-corrected chi connectivity index (χ4v) is 2.50. The van der Waals surface area contributed by atoms with Crippen LogP contribution in [0.4, 0.5) is 4.39 Å². The van der Waals surface area contributed by atoms with Gasteiger partial charge >= 0.3 is 0 Å². The second-order valence-electron chi connectivity index (χ2n) is 4.05. The first-order valence-electron chi connectivity index (χ1n) is 5.37. The highest BCUT2D eigenvalue weighted by atomic mass is 79.9. The third-order valence-electron chi connectivity index (χ3n) is 2.85. The lowest BCUT2D eigenvalue weighted by molar-refractivity contribution is 0.263. The summed E-state index contributed by atoms with van der Waals surface area (Å²) in [6.45, 7) is 0.962. The number of hydrogen-bond donors (Lipinski definition) is 1. The monoisotopic (exact) mass is 271 g/mol. The zero-order chi connectivity index (χ0) is 10.7. The Morgan fingerprint density at radius 2 is 2.40 bits per heavy atom. The molecule has 0 aromatic heterocycles. The van der Waals surface area contributed by atoms with Crippen molar-refractivity contribution in [1.82, 2.24) is 5.32 Å². The summed E-state index contributed by atoms with van der Waals surface area (Å²) in [7, 11) is 0. The molecule has 15 heavy (non-hydrogen) atoms. The van der Waals surface area contributed by atoms with Gasteiger partial charge in [-0.2, -0.15) is 0 Å². The van der Waals surface area contributed by atoms with E-state index in [0.717, 1.165) is 29.4 Å². The fraction of sp³-hybridized carbons (Fsp3) is 0.500. The molecule has 3 heteroatoms. The SMILES string of the molecule is FC(Cc1cccc(Br)c1)C1CCCN1. The molecular formula is C12H15BrFN. The number of halogens is 2. The highest BCUT2D eigenvalue weighted by Gasteiger charge is 2.24. The largest absolute Gasteiger partial charge is 0.311 e. The number of rotatable bonds is 3. The van der Waals surface area contributed by atoms with Crippen LogP contribution in [0.5, 0.6) is 0 Å². The van der Waals surface area contributed by atoms with Crippen LogP contribution in [-0.2, 0) is 6.42 Å². The standard InChI is InChI=1S/C12H15BrFN/c13-10-4-1-3-9(7-10)8-11(14)12-5-2-6-15-12/h1,3-4,7,11-12,15H,2,5-6,8H2. The number of hydrogen-bond acceptors (Lipinski definition) is 1. The summed E-state index contributed by atoms with van der Waals surface area (Å²) in [5.74, 6) is 0. The van der Waals surface area contributed by atoms with Crippen molar-refractivity contribution < 1.29 is 4.39 Å². The second kappa shape index (κ2) is 5.08. The van der Waals surface area contributed by atoms with Gasteiger partial charge in [0.15, 0.2) is 0 Å². The van der Waals surface area contributed by atoms with Gasteiger partial charge in [0.2, 0.25) is 0 Å². The van der Waals surface area contributed by atoms with E-state index in [1.807, 2.05) is 24.3 Å². The predicted octanol–water partition coefficient (Wildman–Crippen LogP) is 3.08. The van der Waals surface area contributed by atoms with Crippen LogP contribution >= 0.6 is 15.9 Å². The predicted molar refractivity (Wildman–Crippen MR) is 63.8 cm³/mol. The molecule has 0 spiro atoms. The summed E-state index contributed by atoms with van der Waals surface area (Å²) in [6.07, 6.45) is 1.82. The molecule has 2 rings (SSSR count). The third-order valence-corrected chi connectivity index (χ3v) is 3.35. The first kappa shape index (κ1) is 11.1. The molecule has 1 saturated heterocycles. The molecule has 1 aliphatic rings. The van der Waals surface area contributed by atoms with Gasteiger partial charge < -0.3 is 5.32 Å². The van der Waals surface area contributed by atoms with Crippen LogP contribution in [0.3, 0.4) is 0 Å². The van der Waals surface area contributed by atoms with Crippen molar-refractivity contribution in [3.63, 3.8) is 0 Å². The Morgan fingerprint density at radius 1 is 1.53 bits per heavy atom. The molecule has 0 radical (unpaired) electrons. The van der Waals surface area contributed by atoms with Crippen LogP contribution in [0.15, 0.2) is 28.7 Å². The zero-order valence-electron chi connectivity index (χ0n) is 8.55. The molecule has 1 N–H and O–H groups in total. The molecule has 1 aromatic rings. The molecular weight excluding hydrogens is 257 g/mol. The van der Waals surface area contributed by atoms with Gasteiger partial charge in [0.1, 0.15) is 6.17 Å². The van der Waals surface area contributed by atoms with Gasteiger partial charge in [-0.25, -0.2) is 4.39 Å². The van der Waals surface area contributed by atoms with E-state index in [1.54, 1.807) is 0 Å². The minimum Gasteiger partial charge on any atom is -0.311 e. The van der Waals surface area contributed by atoms with Crippen LogP contribution < -0.4 is 5.32 Å². The van der Waals surface area contributed by atoms with Gasteiger partial charge in [0.05, 0.1) is 0 Å². The topological polar surface area (TPSA) is 12.0 Å². The Labute approximate surface area is 98.2 Å². The smallest absolute Gasteiger partial charge is 0.119 e. The first-order valence-corrected chi connectivity index (χ1v) is 6.17. The molecule has 2 unspecified atom stereocenters. The minimum atomic E-state index is -0.762. The number of alkyl halides is 1. The average Bonchev–Trinajstić information content (AvgIpc) is 2.70. The minimum absolute atomic E-state index is 0.0592. The Balaban J connectivity index is 1.95. The van der Waals surface area contributed by atoms with E-state index in [4.69, 9.17) is 0 Å². The van der Waals surface area contributed by atoms with Crippen molar-refractivity contribution in [1.29, 1.82) is 0 Å². The van der Waals surface area contributed by atoms with E-state index < -0.39 is 6.17 Å². The summed E-state index contributed by atoms with van der Waals surface area (Å²) in [5, 5.41) is 3.20. The Hall–Kier alpha value is -0.410. The molecule has 1 heterocycles. The van der Waals surface area contributed by atoms with E-state index in [0.29, 0.717) is 6.42 Å². The molecule has 1 aliphatic heterocycles. The lowest BCUT2D eigenvalue weighted by Crippen LogP contribution is -2.33. The van der Waals surface area contributed by atoms with E-state index >= 15 is 0 Å². The number of benzene rings is 1. The van der Waals surface area contributed by atoms with Crippen LogP contribution in [0, 0.1) is 0 Å². The van der Waals surface area contributed by atoms with Crippen molar-refractivity contribution in [3.8, 4) is 0 Å². The van der Waals surface area contributed by atoms with Crippen LogP contribution in [0.2, 0.25) is 0 Å². The fourth-order valence-electron chi connectivity index (χ4n) is 2.05. The maximum atomic E-state index is 13.8. The summed E-state index contributed by atoms with van der Waals surface area (Å²) in [4.78, 5) is 0. The van der Waals surface area contributed by atoms with Gasteiger partial charge in [-0.3, -0.25) is 0 Å². The van der Waals surface area contributed by atoms with Gasteiger partial charge in [-0.1, -0.05) is 28.1 Å². The number of nitrogens with one attached hydrogen (secondary N) is 1. The summed E-state index contributed by atoms with van der Waals surface area (Å²) >= 11 is 3.40. The maximum Gasteiger partial charge on any atom is 0.119 e. The van der Waals surface area contributed by atoms with Gasteiger partial charge in [0.25, 0.3) is 0 Å². The van der Waals surface area contributed by atoms with Crippen molar-refractivity contribution >= 4 is 15.9 Å². The zero-order valence-corrected chi connectivity index (χ0v) is 10.1. The van der Waals surface area contributed by atoms with Crippen LogP contribution in [0.1, 0.15) is 18.4 Å².